The maximum Gasteiger partial charge on any atom is 0.233 e. The summed E-state index contributed by atoms with van der Waals surface area (Å²) in [7, 11) is 3.15. The van der Waals surface area contributed by atoms with Gasteiger partial charge in [-0.2, -0.15) is 0 Å². The first-order chi connectivity index (χ1) is 12.8. The molecule has 1 aromatic carbocycles. The van der Waals surface area contributed by atoms with E-state index < -0.39 is 0 Å². The van der Waals surface area contributed by atoms with Gasteiger partial charge in [-0.1, -0.05) is 17.8 Å². The number of thiazole rings is 1. The summed E-state index contributed by atoms with van der Waals surface area (Å²) in [6, 6.07) is 5.51. The van der Waals surface area contributed by atoms with Crippen LogP contribution in [0.1, 0.15) is 23.1 Å². The zero-order valence-corrected chi connectivity index (χ0v) is 17.3. The third-order valence-electron chi connectivity index (χ3n) is 3.77. The molecule has 0 radical (unpaired) electrons. The number of nitrogens with two attached hydrogens (primary N) is 1. The zero-order valence-electron chi connectivity index (χ0n) is 15.7. The Morgan fingerprint density at radius 1 is 1.30 bits per heavy atom. The molecule has 0 aliphatic rings. The monoisotopic (exact) mass is 409 g/mol. The first-order valence-corrected chi connectivity index (χ1v) is 9.93. The van der Waals surface area contributed by atoms with Gasteiger partial charge in [0.2, 0.25) is 11.8 Å². The predicted octanol–water partition coefficient (Wildman–Crippen LogP) is 2.29. The molecule has 2 rings (SSSR count). The van der Waals surface area contributed by atoms with Crippen LogP contribution in [0.25, 0.3) is 0 Å². The van der Waals surface area contributed by atoms with Crippen molar-refractivity contribution in [2.75, 3.05) is 14.2 Å². The molecule has 3 N–H and O–H groups in total. The lowest BCUT2D eigenvalue weighted by atomic mass is 10.2. The van der Waals surface area contributed by atoms with Crippen LogP contribution in [0.5, 0.6) is 11.5 Å². The zero-order chi connectivity index (χ0) is 20.0. The summed E-state index contributed by atoms with van der Waals surface area (Å²) in [5.41, 5.74) is 6.92. The normalized spacial score (nSPS) is 11.7. The number of ether oxygens (including phenoxy) is 2. The number of benzene rings is 1. The van der Waals surface area contributed by atoms with Crippen LogP contribution in [-0.2, 0) is 22.6 Å². The van der Waals surface area contributed by atoms with E-state index in [0.717, 1.165) is 20.5 Å². The van der Waals surface area contributed by atoms with Crippen molar-refractivity contribution in [1.29, 1.82) is 0 Å². The van der Waals surface area contributed by atoms with E-state index in [1.165, 1.54) is 23.1 Å². The van der Waals surface area contributed by atoms with Gasteiger partial charge in [0.25, 0.3) is 0 Å². The Labute approximate surface area is 166 Å². The van der Waals surface area contributed by atoms with Crippen molar-refractivity contribution in [2.45, 2.75) is 36.4 Å². The summed E-state index contributed by atoms with van der Waals surface area (Å²) in [6.45, 7) is 4.04. The lowest BCUT2D eigenvalue weighted by Crippen LogP contribution is -2.30. The Hall–Kier alpha value is -2.26. The molecule has 2 amide bonds. The number of carbonyl (C=O) groups excluding carboxylic acids is 2. The highest BCUT2D eigenvalue weighted by molar-refractivity contribution is 8.02. The van der Waals surface area contributed by atoms with Crippen LogP contribution in [0.4, 0.5) is 0 Å². The fourth-order valence-electron chi connectivity index (χ4n) is 2.30. The minimum Gasteiger partial charge on any atom is -0.493 e. The number of amides is 2. The van der Waals surface area contributed by atoms with Gasteiger partial charge in [0.1, 0.15) is 0 Å². The maximum atomic E-state index is 12.4. The number of nitrogens with one attached hydrogen (secondary N) is 1. The number of aromatic nitrogens is 1. The second-order valence-electron chi connectivity index (χ2n) is 5.80. The minimum absolute atomic E-state index is 0.0981. The summed E-state index contributed by atoms with van der Waals surface area (Å²) >= 11 is 2.76. The molecule has 0 saturated heterocycles. The molecule has 0 bridgehead atoms. The average molecular weight is 410 g/mol. The number of nitrogens with zero attached hydrogens (tertiary/aromatic N) is 1. The maximum absolute atomic E-state index is 12.4. The summed E-state index contributed by atoms with van der Waals surface area (Å²) in [5, 5.41) is 2.59. The Morgan fingerprint density at radius 3 is 2.63 bits per heavy atom. The van der Waals surface area contributed by atoms with Crippen LogP contribution in [0.2, 0.25) is 0 Å². The highest BCUT2D eigenvalue weighted by atomic mass is 32.2. The van der Waals surface area contributed by atoms with Gasteiger partial charge in [0.05, 0.1) is 31.6 Å². The van der Waals surface area contributed by atoms with Crippen LogP contribution in [0.3, 0.4) is 0 Å². The number of thioether (sulfide) groups is 1. The van der Waals surface area contributed by atoms with Gasteiger partial charge in [-0.05, 0) is 31.5 Å². The first-order valence-electron chi connectivity index (χ1n) is 8.24. The summed E-state index contributed by atoms with van der Waals surface area (Å²) in [4.78, 5) is 28.7. The fourth-order valence-corrected chi connectivity index (χ4v) is 4.71. The number of hydrogen-bond donors (Lipinski definition) is 2. The Kier molecular flexibility index (Phi) is 7.49. The smallest absolute Gasteiger partial charge is 0.233 e. The molecule has 146 valence electrons. The number of methoxy groups -OCH3 is 2. The van der Waals surface area contributed by atoms with E-state index in [0.29, 0.717) is 18.0 Å². The van der Waals surface area contributed by atoms with Crippen molar-refractivity contribution in [3.05, 3.63) is 34.3 Å². The molecule has 0 aliphatic carbocycles. The van der Waals surface area contributed by atoms with E-state index in [9.17, 15) is 9.59 Å². The molecular weight excluding hydrogens is 386 g/mol. The molecule has 7 nitrogen and oxygen atoms in total. The third-order valence-corrected chi connectivity index (χ3v) is 6.12. The predicted molar refractivity (Wildman–Crippen MR) is 106 cm³/mol. The number of hydrogen-bond acceptors (Lipinski definition) is 7. The van der Waals surface area contributed by atoms with Gasteiger partial charge in [-0.25, -0.2) is 4.98 Å². The third kappa shape index (κ3) is 5.86. The fraction of sp³-hybridized carbons (Fsp3) is 0.389. The molecule has 0 aliphatic heterocycles. The topological polar surface area (TPSA) is 104 Å². The van der Waals surface area contributed by atoms with Gasteiger partial charge >= 0.3 is 0 Å². The highest BCUT2D eigenvalue weighted by Gasteiger charge is 2.18. The van der Waals surface area contributed by atoms with Crippen LogP contribution in [0, 0.1) is 6.92 Å². The number of aryl methyl sites for hydroxylation is 1. The van der Waals surface area contributed by atoms with Crippen molar-refractivity contribution >= 4 is 34.9 Å². The largest absolute Gasteiger partial charge is 0.493 e. The van der Waals surface area contributed by atoms with Crippen molar-refractivity contribution in [3.63, 3.8) is 0 Å². The summed E-state index contributed by atoms with van der Waals surface area (Å²) < 4.78 is 11.2. The lowest BCUT2D eigenvalue weighted by molar-refractivity contribution is -0.120. The highest BCUT2D eigenvalue weighted by Crippen LogP contribution is 2.31. The molecular formula is C18H23N3O4S2. The van der Waals surface area contributed by atoms with E-state index >= 15 is 0 Å². The molecule has 0 spiro atoms. The Morgan fingerprint density at radius 2 is 2.00 bits per heavy atom. The van der Waals surface area contributed by atoms with Crippen LogP contribution in [-0.4, -0.2) is 36.3 Å². The molecule has 1 heterocycles. The molecule has 27 heavy (non-hydrogen) atoms. The second kappa shape index (κ2) is 9.61. The number of carbonyl (C=O) groups is 2. The van der Waals surface area contributed by atoms with E-state index in [1.807, 2.05) is 26.0 Å². The van der Waals surface area contributed by atoms with Crippen molar-refractivity contribution in [2.24, 2.45) is 5.73 Å². The van der Waals surface area contributed by atoms with E-state index in [2.05, 4.69) is 10.3 Å². The molecule has 2 aromatic rings. The molecule has 0 saturated carbocycles. The first kappa shape index (κ1) is 21.0. The summed E-state index contributed by atoms with van der Waals surface area (Å²) in [6.07, 6.45) is 0.171. The molecule has 1 aromatic heterocycles. The number of primary amides is 1. The van der Waals surface area contributed by atoms with Gasteiger partial charge in [-0.15, -0.1) is 11.3 Å². The molecule has 0 fully saturated rings. The molecule has 1 atom stereocenters. The van der Waals surface area contributed by atoms with Crippen LogP contribution in [0.15, 0.2) is 22.5 Å². The van der Waals surface area contributed by atoms with Crippen molar-refractivity contribution in [3.8, 4) is 11.5 Å². The quantitative estimate of drug-likeness (QED) is 0.616. The van der Waals surface area contributed by atoms with Gasteiger partial charge in [0.15, 0.2) is 15.8 Å². The van der Waals surface area contributed by atoms with Gasteiger partial charge in [0, 0.05) is 11.4 Å². The van der Waals surface area contributed by atoms with Crippen molar-refractivity contribution < 1.29 is 19.1 Å². The van der Waals surface area contributed by atoms with Crippen LogP contribution >= 0.6 is 23.1 Å². The standard InChI is InChI=1S/C18H23N3O4S2/c1-10-15(8-16(19)22)27-18(21-10)26-11(2)17(23)20-9-12-5-6-13(24-3)14(7-12)25-4/h5-7,11H,8-9H2,1-4H3,(H2,19,22)(H,20,23). The average Bonchev–Trinajstić information content (AvgIpc) is 2.97. The van der Waals surface area contributed by atoms with Crippen LogP contribution < -0.4 is 20.5 Å². The van der Waals surface area contributed by atoms with Crippen molar-refractivity contribution in [1.82, 2.24) is 10.3 Å². The van der Waals surface area contributed by atoms with E-state index in [1.54, 1.807) is 20.3 Å². The molecule has 9 heteroatoms. The van der Waals surface area contributed by atoms with Gasteiger partial charge < -0.3 is 20.5 Å². The van der Waals surface area contributed by atoms with E-state index in [4.69, 9.17) is 15.2 Å². The molecule has 1 unspecified atom stereocenters. The second-order valence-corrected chi connectivity index (χ2v) is 8.47. The Balaban J connectivity index is 1.93. The van der Waals surface area contributed by atoms with Gasteiger partial charge in [-0.3, -0.25) is 9.59 Å². The van der Waals surface area contributed by atoms with E-state index in [-0.39, 0.29) is 23.5 Å². The lowest BCUT2D eigenvalue weighted by Gasteiger charge is -2.12. The summed E-state index contributed by atoms with van der Waals surface area (Å²) in [5.74, 6) is 0.771. The Bertz CT molecular complexity index is 823. The SMILES string of the molecule is COc1ccc(CNC(=O)C(C)Sc2nc(C)c(CC(N)=O)s2)cc1OC. The number of rotatable bonds is 9. The minimum atomic E-state index is -0.390.